The Morgan fingerprint density at radius 3 is 2.76 bits per heavy atom. The molecule has 0 spiro atoms. The summed E-state index contributed by atoms with van der Waals surface area (Å²) in [4.78, 5) is 13.9. The van der Waals surface area contributed by atoms with Gasteiger partial charge in [-0.1, -0.05) is 18.8 Å². The lowest BCUT2D eigenvalue weighted by atomic mass is 10.1. The quantitative estimate of drug-likeness (QED) is 0.657. The minimum Gasteiger partial charge on any atom is -0.395 e. The van der Waals surface area contributed by atoms with E-state index < -0.39 is 0 Å². The van der Waals surface area contributed by atoms with Crippen molar-refractivity contribution < 1.29 is 9.90 Å². The van der Waals surface area contributed by atoms with Gasteiger partial charge in [-0.2, -0.15) is 0 Å². The van der Waals surface area contributed by atoms with Crippen molar-refractivity contribution in [3.05, 3.63) is 0 Å². The first-order chi connectivity index (χ1) is 8.20. The normalized spacial score (nSPS) is 18.0. The molecule has 1 saturated carbocycles. The second-order valence-corrected chi connectivity index (χ2v) is 4.50. The second-order valence-electron chi connectivity index (χ2n) is 4.50. The van der Waals surface area contributed by atoms with Crippen LogP contribution in [0.4, 0.5) is 0 Å². The maximum Gasteiger partial charge on any atom is 0.237 e. The molecule has 1 aliphatic rings. The average molecular weight is 238 g/mol. The van der Waals surface area contributed by atoms with E-state index >= 15 is 0 Å². The van der Waals surface area contributed by atoms with Gasteiger partial charge in [0.15, 0.2) is 0 Å². The van der Waals surface area contributed by atoms with Gasteiger partial charge in [0.2, 0.25) is 5.91 Å². The zero-order chi connectivity index (χ0) is 12.7. The van der Waals surface area contributed by atoms with E-state index in [1.165, 1.54) is 12.8 Å². The number of nitrogens with one attached hydrogen (secondary N) is 1. The van der Waals surface area contributed by atoms with Crippen molar-refractivity contribution in [1.82, 2.24) is 10.2 Å². The zero-order valence-electron chi connectivity index (χ0n) is 10.5. The summed E-state index contributed by atoms with van der Waals surface area (Å²) in [7, 11) is 0. The molecule has 0 saturated heterocycles. The van der Waals surface area contributed by atoms with Crippen LogP contribution >= 0.6 is 0 Å². The first-order valence-electron chi connectivity index (χ1n) is 6.28. The molecule has 1 atom stereocenters. The number of hydrogen-bond donors (Lipinski definition) is 2. The fraction of sp³-hybridized carbons (Fsp3) is 0.769. The number of nitrogens with zero attached hydrogens (tertiary/aromatic N) is 1. The lowest BCUT2D eigenvalue weighted by Gasteiger charge is -2.32. The Labute approximate surface area is 103 Å². The molecule has 96 valence electrons. The molecule has 4 nitrogen and oxygen atoms in total. The third-order valence-corrected chi connectivity index (χ3v) is 3.39. The molecule has 2 N–H and O–H groups in total. The molecule has 17 heavy (non-hydrogen) atoms. The van der Waals surface area contributed by atoms with Gasteiger partial charge in [-0.05, 0) is 19.8 Å². The largest absolute Gasteiger partial charge is 0.395 e. The summed E-state index contributed by atoms with van der Waals surface area (Å²) in [5, 5.41) is 11.8. The molecule has 1 amide bonds. The Bertz CT molecular complexity index is 280. The predicted octanol–water partition coefficient (Wildman–Crippen LogP) is 0.361. The van der Waals surface area contributed by atoms with Crippen LogP contribution < -0.4 is 5.32 Å². The van der Waals surface area contributed by atoms with Gasteiger partial charge in [0.05, 0.1) is 19.2 Å². The van der Waals surface area contributed by atoms with Crippen LogP contribution in [0.15, 0.2) is 0 Å². The fourth-order valence-electron chi connectivity index (χ4n) is 2.48. The first kappa shape index (κ1) is 14.0. The first-order valence-corrected chi connectivity index (χ1v) is 6.28. The number of carbonyl (C=O) groups excluding carboxylic acids is 1. The van der Waals surface area contributed by atoms with Crippen LogP contribution in [0.1, 0.15) is 32.6 Å². The number of hydrogen-bond acceptors (Lipinski definition) is 3. The minimum atomic E-state index is -0.224. The highest BCUT2D eigenvalue weighted by atomic mass is 16.3. The highest BCUT2D eigenvalue weighted by Gasteiger charge is 2.29. The molecule has 0 radical (unpaired) electrons. The van der Waals surface area contributed by atoms with Gasteiger partial charge in [0.25, 0.3) is 0 Å². The van der Waals surface area contributed by atoms with E-state index in [4.69, 9.17) is 11.5 Å². The standard InChI is InChI=1S/C13H22N2O2/c1-3-8-14-13(17)11(2)15(9-10-16)12-6-4-5-7-12/h1,11-12,16H,4-10H2,2H3,(H,14,17). The van der Waals surface area contributed by atoms with E-state index in [-0.39, 0.29) is 25.1 Å². The van der Waals surface area contributed by atoms with Crippen molar-refractivity contribution in [2.24, 2.45) is 0 Å². The molecule has 1 rings (SSSR count). The molecule has 1 aliphatic carbocycles. The summed E-state index contributed by atoms with van der Waals surface area (Å²) in [6.07, 6.45) is 9.78. The van der Waals surface area contributed by atoms with Crippen molar-refractivity contribution in [2.45, 2.75) is 44.7 Å². The third kappa shape index (κ3) is 4.03. The van der Waals surface area contributed by atoms with Crippen LogP contribution in [0.3, 0.4) is 0 Å². The molecular formula is C13H22N2O2. The number of aliphatic hydroxyl groups is 1. The highest BCUT2D eigenvalue weighted by Crippen LogP contribution is 2.24. The van der Waals surface area contributed by atoms with Crippen LogP contribution in [0.5, 0.6) is 0 Å². The molecule has 1 fully saturated rings. The lowest BCUT2D eigenvalue weighted by molar-refractivity contribution is -0.126. The van der Waals surface area contributed by atoms with Crippen LogP contribution in [-0.2, 0) is 4.79 Å². The molecular weight excluding hydrogens is 216 g/mol. The smallest absolute Gasteiger partial charge is 0.237 e. The Hall–Kier alpha value is -1.05. The minimum absolute atomic E-state index is 0.0525. The van der Waals surface area contributed by atoms with Crippen LogP contribution in [0.2, 0.25) is 0 Å². The maximum absolute atomic E-state index is 11.8. The van der Waals surface area contributed by atoms with Crippen molar-refractivity contribution in [3.8, 4) is 12.3 Å². The van der Waals surface area contributed by atoms with Gasteiger partial charge in [-0.15, -0.1) is 6.42 Å². The molecule has 0 aromatic heterocycles. The summed E-state index contributed by atoms with van der Waals surface area (Å²) in [6.45, 7) is 2.78. The van der Waals surface area contributed by atoms with Gasteiger partial charge in [0.1, 0.15) is 0 Å². The van der Waals surface area contributed by atoms with Gasteiger partial charge >= 0.3 is 0 Å². The topological polar surface area (TPSA) is 52.6 Å². The van der Waals surface area contributed by atoms with Crippen molar-refractivity contribution in [2.75, 3.05) is 19.7 Å². The third-order valence-electron chi connectivity index (χ3n) is 3.39. The predicted molar refractivity (Wildman–Crippen MR) is 67.4 cm³/mol. The van der Waals surface area contributed by atoms with Gasteiger partial charge in [-0.25, -0.2) is 0 Å². The van der Waals surface area contributed by atoms with Crippen molar-refractivity contribution in [1.29, 1.82) is 0 Å². The molecule has 0 bridgehead atoms. The van der Waals surface area contributed by atoms with E-state index in [9.17, 15) is 4.79 Å². The number of carbonyl (C=O) groups is 1. The number of amides is 1. The molecule has 0 aromatic rings. The van der Waals surface area contributed by atoms with Crippen molar-refractivity contribution >= 4 is 5.91 Å². The highest BCUT2D eigenvalue weighted by molar-refractivity contribution is 5.81. The summed E-state index contributed by atoms with van der Waals surface area (Å²) in [5.74, 6) is 2.34. The number of rotatable bonds is 6. The van der Waals surface area contributed by atoms with E-state index in [0.29, 0.717) is 12.6 Å². The molecule has 1 unspecified atom stereocenters. The summed E-state index contributed by atoms with van der Waals surface area (Å²) >= 11 is 0. The number of terminal acetylenes is 1. The van der Waals surface area contributed by atoms with Gasteiger partial charge in [0, 0.05) is 12.6 Å². The zero-order valence-corrected chi connectivity index (χ0v) is 10.5. The van der Waals surface area contributed by atoms with E-state index in [1.807, 2.05) is 6.92 Å². The van der Waals surface area contributed by atoms with Gasteiger partial charge < -0.3 is 10.4 Å². The molecule has 4 heteroatoms. The fourth-order valence-corrected chi connectivity index (χ4v) is 2.48. The Morgan fingerprint density at radius 2 is 2.24 bits per heavy atom. The van der Waals surface area contributed by atoms with E-state index in [1.54, 1.807) is 0 Å². The van der Waals surface area contributed by atoms with Gasteiger partial charge in [-0.3, -0.25) is 9.69 Å². The van der Waals surface area contributed by atoms with E-state index in [2.05, 4.69) is 16.1 Å². The Morgan fingerprint density at radius 1 is 1.59 bits per heavy atom. The summed E-state index contributed by atoms with van der Waals surface area (Å²) < 4.78 is 0. The maximum atomic E-state index is 11.8. The Balaban J connectivity index is 2.55. The van der Waals surface area contributed by atoms with E-state index in [0.717, 1.165) is 12.8 Å². The average Bonchev–Trinajstić information content (AvgIpc) is 2.85. The molecule has 0 aromatic carbocycles. The lowest BCUT2D eigenvalue weighted by Crippen LogP contribution is -2.50. The summed E-state index contributed by atoms with van der Waals surface area (Å²) in [6, 6.07) is 0.201. The second kappa shape index (κ2) is 7.31. The Kier molecular flexibility index (Phi) is 6.03. The molecule has 0 aliphatic heterocycles. The van der Waals surface area contributed by atoms with Crippen LogP contribution in [0.25, 0.3) is 0 Å². The van der Waals surface area contributed by atoms with Crippen LogP contribution in [-0.4, -0.2) is 47.7 Å². The summed E-state index contributed by atoms with van der Waals surface area (Å²) in [5.41, 5.74) is 0. The van der Waals surface area contributed by atoms with Crippen LogP contribution in [0, 0.1) is 12.3 Å². The monoisotopic (exact) mass is 238 g/mol. The number of aliphatic hydroxyl groups excluding tert-OH is 1. The molecule has 0 heterocycles. The van der Waals surface area contributed by atoms with Crippen molar-refractivity contribution in [3.63, 3.8) is 0 Å². The SMILES string of the molecule is C#CCNC(=O)C(C)N(CCO)C1CCCC1.